The van der Waals surface area contributed by atoms with Crippen LogP contribution in [0.4, 0.5) is 0 Å². The van der Waals surface area contributed by atoms with Gasteiger partial charge in [-0.05, 0) is 25.6 Å². The van der Waals surface area contributed by atoms with Gasteiger partial charge in [0.15, 0.2) is 0 Å². The number of thiophene rings is 1. The van der Waals surface area contributed by atoms with Crippen LogP contribution in [0.1, 0.15) is 17.3 Å². The maximum absolute atomic E-state index is 6.20. The molecule has 1 aromatic rings. The van der Waals surface area contributed by atoms with Crippen molar-refractivity contribution in [1.29, 1.82) is 0 Å². The molecule has 90 valence electrons. The van der Waals surface area contributed by atoms with E-state index < -0.39 is 0 Å². The minimum Gasteiger partial charge on any atom is -0.323 e. The highest BCUT2D eigenvalue weighted by atomic mass is 35.5. The molecule has 3 N–H and O–H groups in total. The first-order chi connectivity index (χ1) is 7.66. The molecule has 0 aliphatic carbocycles. The maximum atomic E-state index is 6.20. The number of nitrogens with one attached hydrogen (secondary N) is 1. The smallest absolute Gasteiger partial charge is 0.0931 e. The zero-order valence-electron chi connectivity index (χ0n) is 9.45. The predicted octanol–water partition coefficient (Wildman–Crippen LogP) is 1.70. The Bertz CT molecular complexity index is 342. The molecule has 0 spiro atoms. The second-order valence-corrected chi connectivity index (χ2v) is 6.07. The summed E-state index contributed by atoms with van der Waals surface area (Å²) in [5.41, 5.74) is 6.20. The third-order valence-corrected chi connectivity index (χ3v) is 4.49. The van der Waals surface area contributed by atoms with Gasteiger partial charge in [0, 0.05) is 36.6 Å². The Labute approximate surface area is 106 Å². The summed E-state index contributed by atoms with van der Waals surface area (Å²) >= 11 is 7.50. The van der Waals surface area contributed by atoms with Crippen LogP contribution >= 0.6 is 22.9 Å². The highest BCUT2D eigenvalue weighted by Gasteiger charge is 2.22. The van der Waals surface area contributed by atoms with Crippen molar-refractivity contribution in [2.45, 2.75) is 18.5 Å². The molecule has 1 aromatic heterocycles. The van der Waals surface area contributed by atoms with E-state index in [2.05, 4.69) is 17.3 Å². The highest BCUT2D eigenvalue weighted by molar-refractivity contribution is 7.16. The summed E-state index contributed by atoms with van der Waals surface area (Å²) in [5, 5.41) is 3.41. The minimum atomic E-state index is 0.102. The van der Waals surface area contributed by atoms with Gasteiger partial charge in [-0.3, -0.25) is 0 Å². The van der Waals surface area contributed by atoms with Crippen molar-refractivity contribution in [2.24, 2.45) is 5.73 Å². The van der Waals surface area contributed by atoms with Gasteiger partial charge in [0.25, 0.3) is 0 Å². The van der Waals surface area contributed by atoms with E-state index >= 15 is 0 Å². The highest BCUT2D eigenvalue weighted by Crippen LogP contribution is 2.28. The minimum absolute atomic E-state index is 0.102. The summed E-state index contributed by atoms with van der Waals surface area (Å²) in [6.07, 6.45) is 0.986. The van der Waals surface area contributed by atoms with E-state index in [1.54, 1.807) is 11.3 Å². The molecule has 2 unspecified atom stereocenters. The van der Waals surface area contributed by atoms with Crippen molar-refractivity contribution < 1.29 is 0 Å². The Kier molecular flexibility index (Phi) is 4.21. The van der Waals surface area contributed by atoms with Crippen molar-refractivity contribution >= 4 is 22.9 Å². The molecule has 0 radical (unpaired) electrons. The molecule has 1 saturated heterocycles. The van der Waals surface area contributed by atoms with Crippen LogP contribution in [-0.2, 0) is 0 Å². The predicted molar refractivity (Wildman–Crippen MR) is 70.2 cm³/mol. The van der Waals surface area contributed by atoms with Gasteiger partial charge in [0.1, 0.15) is 0 Å². The number of piperazine rings is 1. The maximum Gasteiger partial charge on any atom is 0.0931 e. The molecule has 1 aliphatic heterocycles. The first-order valence-electron chi connectivity index (χ1n) is 5.58. The van der Waals surface area contributed by atoms with Gasteiger partial charge in [0.2, 0.25) is 0 Å². The largest absolute Gasteiger partial charge is 0.323 e. The summed E-state index contributed by atoms with van der Waals surface area (Å²) < 4.78 is 0.820. The number of nitrogens with two attached hydrogens (primary N) is 1. The lowest BCUT2D eigenvalue weighted by molar-refractivity contribution is 0.183. The summed E-state index contributed by atoms with van der Waals surface area (Å²) in [4.78, 5) is 3.56. The molecule has 0 saturated carbocycles. The zero-order chi connectivity index (χ0) is 11.5. The van der Waals surface area contributed by atoms with Crippen LogP contribution in [0.2, 0.25) is 4.34 Å². The molecule has 0 aromatic carbocycles. The van der Waals surface area contributed by atoms with E-state index in [4.69, 9.17) is 17.3 Å². The average molecular weight is 260 g/mol. The third kappa shape index (κ3) is 2.96. The van der Waals surface area contributed by atoms with Crippen molar-refractivity contribution in [3.8, 4) is 0 Å². The van der Waals surface area contributed by atoms with Crippen molar-refractivity contribution in [2.75, 3.05) is 26.7 Å². The molecular weight excluding hydrogens is 242 g/mol. The lowest BCUT2D eigenvalue weighted by atomic mass is 10.0. The number of nitrogens with zero attached hydrogens (tertiary/aromatic N) is 1. The normalized spacial score (nSPS) is 24.6. The van der Waals surface area contributed by atoms with Crippen molar-refractivity contribution in [3.05, 3.63) is 21.3 Å². The van der Waals surface area contributed by atoms with Gasteiger partial charge >= 0.3 is 0 Å². The first kappa shape index (κ1) is 12.3. The molecule has 0 bridgehead atoms. The summed E-state index contributed by atoms with van der Waals surface area (Å²) in [5.74, 6) is 0. The third-order valence-electron chi connectivity index (χ3n) is 3.13. The Hall–Kier alpha value is -0.130. The zero-order valence-corrected chi connectivity index (χ0v) is 11.0. The summed E-state index contributed by atoms with van der Waals surface area (Å²) in [6.45, 7) is 3.21. The second-order valence-electron chi connectivity index (χ2n) is 4.32. The molecule has 1 aliphatic rings. The van der Waals surface area contributed by atoms with Gasteiger partial charge in [-0.1, -0.05) is 11.6 Å². The number of halogens is 1. The molecule has 2 atom stereocenters. The number of likely N-dealkylation sites (N-methyl/N-ethyl adjacent to an activating group) is 1. The molecule has 16 heavy (non-hydrogen) atoms. The first-order valence-corrected chi connectivity index (χ1v) is 6.78. The molecule has 3 nitrogen and oxygen atoms in total. The van der Waals surface area contributed by atoms with E-state index in [9.17, 15) is 0 Å². The van der Waals surface area contributed by atoms with Gasteiger partial charge < -0.3 is 16.0 Å². The van der Waals surface area contributed by atoms with E-state index in [0.717, 1.165) is 30.4 Å². The number of hydrogen-bond donors (Lipinski definition) is 2. The Balaban J connectivity index is 1.93. The average Bonchev–Trinajstić information content (AvgIpc) is 2.68. The van der Waals surface area contributed by atoms with Gasteiger partial charge in [-0.25, -0.2) is 0 Å². The summed E-state index contributed by atoms with van der Waals surface area (Å²) in [6, 6.07) is 4.59. The fourth-order valence-corrected chi connectivity index (χ4v) is 3.14. The van der Waals surface area contributed by atoms with Gasteiger partial charge in [-0.2, -0.15) is 0 Å². The quantitative estimate of drug-likeness (QED) is 0.868. The van der Waals surface area contributed by atoms with Crippen LogP contribution in [-0.4, -0.2) is 37.6 Å². The number of hydrogen-bond acceptors (Lipinski definition) is 4. The standard InChI is InChI=1S/C11H18ClN3S/c1-15-5-4-14-7-8(15)6-9(13)10-2-3-11(12)16-10/h2-3,8-9,14H,4-7,13H2,1H3. The fourth-order valence-electron chi connectivity index (χ4n) is 2.06. The molecule has 2 heterocycles. The molecule has 5 heteroatoms. The van der Waals surface area contributed by atoms with Crippen LogP contribution in [0.3, 0.4) is 0 Å². The van der Waals surface area contributed by atoms with Crippen LogP contribution in [0.15, 0.2) is 12.1 Å². The Morgan fingerprint density at radius 1 is 1.69 bits per heavy atom. The monoisotopic (exact) mass is 259 g/mol. The fraction of sp³-hybridized carbons (Fsp3) is 0.636. The summed E-state index contributed by atoms with van der Waals surface area (Å²) in [7, 11) is 2.17. The van der Waals surface area contributed by atoms with E-state index in [1.165, 1.54) is 4.88 Å². The molecule has 0 amide bonds. The lowest BCUT2D eigenvalue weighted by Gasteiger charge is -2.34. The molecule has 2 rings (SSSR count). The number of rotatable bonds is 3. The van der Waals surface area contributed by atoms with Crippen LogP contribution in [0, 0.1) is 0 Å². The van der Waals surface area contributed by atoms with E-state index in [-0.39, 0.29) is 6.04 Å². The second kappa shape index (κ2) is 5.47. The van der Waals surface area contributed by atoms with Gasteiger partial charge in [-0.15, -0.1) is 11.3 Å². The van der Waals surface area contributed by atoms with Gasteiger partial charge in [0.05, 0.1) is 4.34 Å². The molecule has 1 fully saturated rings. The lowest BCUT2D eigenvalue weighted by Crippen LogP contribution is -2.50. The van der Waals surface area contributed by atoms with E-state index in [1.807, 2.05) is 12.1 Å². The van der Waals surface area contributed by atoms with Crippen LogP contribution in [0.5, 0.6) is 0 Å². The SMILES string of the molecule is CN1CCNCC1CC(N)c1ccc(Cl)s1. The van der Waals surface area contributed by atoms with Crippen LogP contribution < -0.4 is 11.1 Å². The van der Waals surface area contributed by atoms with Crippen molar-refractivity contribution in [3.63, 3.8) is 0 Å². The van der Waals surface area contributed by atoms with Crippen LogP contribution in [0.25, 0.3) is 0 Å². The Morgan fingerprint density at radius 3 is 3.12 bits per heavy atom. The van der Waals surface area contributed by atoms with E-state index in [0.29, 0.717) is 6.04 Å². The topological polar surface area (TPSA) is 41.3 Å². The Morgan fingerprint density at radius 2 is 2.50 bits per heavy atom. The van der Waals surface area contributed by atoms with Crippen molar-refractivity contribution in [1.82, 2.24) is 10.2 Å². The molecular formula is C11H18ClN3S.